The Hall–Kier alpha value is -10.4. The molecule has 0 bridgehead atoms. The highest BCUT2D eigenvalue weighted by Gasteiger charge is 2.51. The van der Waals surface area contributed by atoms with Crippen LogP contribution in [0.3, 0.4) is 0 Å². The molecular weight excluding hydrogens is 1680 g/mol. The molecule has 722 valence electrons. The zero-order valence-electron chi connectivity index (χ0n) is 82.0. The van der Waals surface area contributed by atoms with Crippen LogP contribution in [0.1, 0.15) is 255 Å². The number of nitrogens with zero attached hydrogens (tertiary/aromatic N) is 9. The van der Waals surface area contributed by atoms with Crippen LogP contribution in [-0.4, -0.2) is 192 Å². The summed E-state index contributed by atoms with van der Waals surface area (Å²) in [7, 11) is 13.4. The van der Waals surface area contributed by atoms with E-state index < -0.39 is 0 Å². The first-order valence-electron chi connectivity index (χ1n) is 49.4. The van der Waals surface area contributed by atoms with Gasteiger partial charge in [-0.1, -0.05) is 84.5 Å². The largest absolute Gasteiger partial charge is 0.493 e. The first kappa shape index (κ1) is 97.2. The summed E-state index contributed by atoms with van der Waals surface area (Å²) < 4.78 is 67.6. The maximum Gasteiger partial charge on any atom is 0.163 e. The number of methoxy groups -OCH3 is 8. The number of ether oxygens (including phenoxy) is 12. The van der Waals surface area contributed by atoms with Crippen molar-refractivity contribution < 1.29 is 56.8 Å². The predicted molar refractivity (Wildman–Crippen MR) is 534 cm³/mol. The fourth-order valence-electron chi connectivity index (χ4n) is 22.5. The maximum atomic E-state index is 6.25. The van der Waals surface area contributed by atoms with E-state index >= 15 is 0 Å². The number of likely N-dealkylation sites (tertiary alicyclic amines) is 3. The molecule has 3 saturated heterocycles. The fraction of sp³-hybridized carbons (Fsp3) is 0.604. The average Bonchev–Trinajstić information content (AvgIpc) is 1.51. The van der Waals surface area contributed by atoms with Crippen molar-refractivity contribution in [2.45, 2.75) is 254 Å². The van der Waals surface area contributed by atoms with E-state index in [1.165, 1.54) is 164 Å². The number of amidine groups is 6. The Labute approximate surface area is 789 Å². The zero-order chi connectivity index (χ0) is 94.0. The number of nitrogens with two attached hydrogens (primary N) is 6. The highest BCUT2D eigenvalue weighted by molar-refractivity contribution is 6.04. The Morgan fingerprint density at radius 1 is 0.278 bits per heavy atom. The Kier molecular flexibility index (Phi) is 30.9. The van der Waals surface area contributed by atoms with Gasteiger partial charge in [0.1, 0.15) is 35.0 Å². The Morgan fingerprint density at radius 3 is 0.827 bits per heavy atom. The van der Waals surface area contributed by atoms with Gasteiger partial charge in [0.05, 0.1) is 139 Å². The molecule has 6 aromatic carbocycles. The lowest BCUT2D eigenvalue weighted by molar-refractivity contribution is 0.251. The Morgan fingerprint density at radius 2 is 0.534 bits per heavy atom. The van der Waals surface area contributed by atoms with Crippen LogP contribution in [0.5, 0.6) is 69.0 Å². The topological polar surface area (TPSA) is 351 Å². The zero-order valence-corrected chi connectivity index (χ0v) is 82.0. The molecule has 27 heteroatoms. The minimum absolute atomic E-state index is 0.0341. The lowest BCUT2D eigenvalue weighted by atomic mass is 9.64. The van der Waals surface area contributed by atoms with Crippen molar-refractivity contribution in [2.24, 2.45) is 82.1 Å². The number of fused-ring (bicyclic) bond motifs is 10. The Balaban J connectivity index is 0.000000122. The molecule has 9 aliphatic heterocycles. The molecule has 27 nitrogen and oxygen atoms in total. The van der Waals surface area contributed by atoms with Crippen molar-refractivity contribution in [3.63, 3.8) is 0 Å². The Bertz CT molecular complexity index is 5050. The molecule has 2 atom stereocenters. The third kappa shape index (κ3) is 20.3. The summed E-state index contributed by atoms with van der Waals surface area (Å²) in [6.45, 7) is 26.4. The third-order valence-corrected chi connectivity index (χ3v) is 31.1. The van der Waals surface area contributed by atoms with Gasteiger partial charge >= 0.3 is 0 Å². The number of hydrogen-bond donors (Lipinski definition) is 6. The molecule has 0 radical (unpaired) electrons. The number of aliphatic imine (C=N–C) groups is 6. The highest BCUT2D eigenvalue weighted by atomic mass is 16.5. The summed E-state index contributed by atoms with van der Waals surface area (Å²) in [5, 5.41) is 0. The first-order chi connectivity index (χ1) is 64.2. The van der Waals surface area contributed by atoms with E-state index in [4.69, 9.17) is 91.2 Å². The second-order valence-corrected chi connectivity index (χ2v) is 40.2. The molecule has 0 aromatic heterocycles. The molecule has 133 heavy (non-hydrogen) atoms. The molecule has 20 rings (SSSR count). The normalized spacial score (nSPS) is 21.3. The maximum absolute atomic E-state index is 6.25. The van der Waals surface area contributed by atoms with Gasteiger partial charge in [0.15, 0.2) is 69.0 Å². The smallest absolute Gasteiger partial charge is 0.163 e. The lowest BCUT2D eigenvalue weighted by Crippen LogP contribution is -2.44. The van der Waals surface area contributed by atoms with Crippen LogP contribution in [-0.2, 0) is 32.5 Å². The van der Waals surface area contributed by atoms with Crippen molar-refractivity contribution in [1.82, 2.24) is 14.7 Å². The van der Waals surface area contributed by atoms with Gasteiger partial charge < -0.3 is 106 Å². The molecule has 5 aliphatic carbocycles. The molecular formula is C106H151N15O12. The molecule has 0 amide bonds. The second kappa shape index (κ2) is 42.3. The first-order valence-corrected chi connectivity index (χ1v) is 49.4. The van der Waals surface area contributed by atoms with E-state index in [0.29, 0.717) is 43.0 Å². The van der Waals surface area contributed by atoms with E-state index in [9.17, 15) is 0 Å². The summed E-state index contributed by atoms with van der Waals surface area (Å²) in [5.74, 6) is 16.0. The van der Waals surface area contributed by atoms with Gasteiger partial charge in [-0.15, -0.1) is 0 Å². The van der Waals surface area contributed by atoms with Gasteiger partial charge in [-0.3, -0.25) is 0 Å². The van der Waals surface area contributed by atoms with Crippen molar-refractivity contribution in [2.75, 3.05) is 142 Å². The molecule has 12 N–H and O–H groups in total. The number of benzene rings is 6. The molecule has 4 spiro atoms. The van der Waals surface area contributed by atoms with Crippen LogP contribution in [0.4, 0.5) is 34.1 Å². The number of rotatable bonds is 28. The standard InChI is InChI=1S/2C20H29N3O2.C19H28N2O2.C18H27N3O2.C15H20N2O2.C14H18N2O2/c2*1-14-5-9-23(13-14)8-4-10-25-18-12-16-15(11-17(18)24-2)20(6-3-7-20)19(21)22-16;1-19(2)14-11-16(22-3)17(12-15(14)21-18(19)20)23-10-6-9-13-7-4-5-8-13;1-18(2)13-11-15(22-3)16(12-14(13)20-17(18)19)23-10-6-9-21-7-4-5-8-21;1-18-12-8-10-11(9-13(12)19-2)17-14(16)15(10)6-4-3-5-7-15;1-17-11-7-9-10(8-12(11)18-2)16-13(15)14(9)5-3-4-6-14/h2*11-12,14H,3-10,13H2,1-2H3,(H2,21,22);11-13H,4-10H2,1-3H3,(H2,20,21);11-12H,4-10H2,1-3H3,(H2,19,20);8-9H,3-7H2,1-2H3,(H2,16,17);7-8H,3-6H2,1-2H3,(H2,15,16)/t2*14-;;;;/m10..../s1. The van der Waals surface area contributed by atoms with Gasteiger partial charge in [0.2, 0.25) is 0 Å². The summed E-state index contributed by atoms with van der Waals surface area (Å²) in [6.07, 6.45) is 33.6. The van der Waals surface area contributed by atoms with Gasteiger partial charge in [-0.05, 0) is 251 Å². The SMILES string of the molecule is COc1cc2c(cc1OC)C1(CCCC1)C(N)=N2.COc1cc2c(cc1OC)C1(CCCCC1)C(N)=N2.COc1cc2c(cc1OCCCC1CCCC1)N=C(N)C2(C)C.COc1cc2c(cc1OCCCN1CCCC1)N=C(N)C2(C)C.COc1cc2c(cc1OCCCN1CC[C@@H](C)C1)N=C(N)C21CCC1.COc1cc2c(cc1OCCCN1CC[C@H](C)C1)N=C(N)C21CCC1. The van der Waals surface area contributed by atoms with E-state index in [-0.39, 0.29) is 32.5 Å². The molecule has 9 heterocycles. The monoisotopic (exact) mass is 1830 g/mol. The van der Waals surface area contributed by atoms with Crippen LogP contribution >= 0.6 is 0 Å². The second-order valence-electron chi connectivity index (χ2n) is 40.2. The molecule has 0 unspecified atom stereocenters. The van der Waals surface area contributed by atoms with E-state index in [0.717, 1.165) is 247 Å². The lowest BCUT2D eigenvalue weighted by Gasteiger charge is -2.38. The third-order valence-electron chi connectivity index (χ3n) is 31.1. The van der Waals surface area contributed by atoms with Crippen LogP contribution in [0, 0.1) is 17.8 Å². The minimum atomic E-state index is -0.253. The van der Waals surface area contributed by atoms with Gasteiger partial charge in [0.25, 0.3) is 0 Å². The van der Waals surface area contributed by atoms with Crippen LogP contribution in [0.15, 0.2) is 103 Å². The summed E-state index contributed by atoms with van der Waals surface area (Å²) in [5.41, 5.74) is 49.0. The van der Waals surface area contributed by atoms with Gasteiger partial charge in [-0.2, -0.15) is 0 Å². The van der Waals surface area contributed by atoms with Crippen molar-refractivity contribution in [1.29, 1.82) is 0 Å². The van der Waals surface area contributed by atoms with E-state index in [2.05, 4.69) is 104 Å². The molecule has 5 saturated carbocycles. The van der Waals surface area contributed by atoms with Gasteiger partial charge in [0, 0.05) is 80.0 Å². The van der Waals surface area contributed by atoms with Gasteiger partial charge in [-0.25, -0.2) is 30.0 Å². The minimum Gasteiger partial charge on any atom is -0.493 e. The predicted octanol–water partition coefficient (Wildman–Crippen LogP) is 19.0. The molecule has 6 aromatic rings. The van der Waals surface area contributed by atoms with E-state index in [1.54, 1.807) is 56.9 Å². The summed E-state index contributed by atoms with van der Waals surface area (Å²) in [4.78, 5) is 34.9. The van der Waals surface area contributed by atoms with Crippen LogP contribution in [0.25, 0.3) is 0 Å². The van der Waals surface area contributed by atoms with Crippen LogP contribution < -0.4 is 91.2 Å². The number of hydrogen-bond acceptors (Lipinski definition) is 27. The van der Waals surface area contributed by atoms with Crippen molar-refractivity contribution in [3.05, 3.63) is 106 Å². The van der Waals surface area contributed by atoms with Crippen LogP contribution in [0.2, 0.25) is 0 Å². The summed E-state index contributed by atoms with van der Waals surface area (Å²) >= 11 is 0. The molecule has 8 fully saturated rings. The van der Waals surface area contributed by atoms with Crippen molar-refractivity contribution in [3.8, 4) is 69.0 Å². The summed E-state index contributed by atoms with van der Waals surface area (Å²) in [6, 6.07) is 24.1. The van der Waals surface area contributed by atoms with Crippen molar-refractivity contribution >= 4 is 69.1 Å². The molecule has 14 aliphatic rings. The quantitative estimate of drug-likeness (QED) is 0.0248. The fourth-order valence-corrected chi connectivity index (χ4v) is 22.5. The average molecular weight is 1830 g/mol. The highest BCUT2D eigenvalue weighted by Crippen LogP contribution is 2.58. The van der Waals surface area contributed by atoms with E-state index in [1.807, 2.05) is 54.6 Å².